The van der Waals surface area contributed by atoms with Gasteiger partial charge in [0, 0.05) is 20.3 Å². The zero-order valence-electron chi connectivity index (χ0n) is 41.8. The predicted molar refractivity (Wildman–Crippen MR) is 238 cm³/mol. The summed E-state index contributed by atoms with van der Waals surface area (Å²) in [6.07, 6.45) is -58.7. The zero-order chi connectivity index (χ0) is 58.0. The minimum Gasteiger partial charge on any atom is -0.477 e. The molecular formula is C43H72N2O33. The van der Waals surface area contributed by atoms with Gasteiger partial charge in [0.2, 0.25) is 11.8 Å². The quantitative estimate of drug-likeness (QED) is 0.0538. The third-order valence-corrected chi connectivity index (χ3v) is 14.2. The first-order valence-corrected chi connectivity index (χ1v) is 24.6. The molecule has 21 N–H and O–H groups in total. The summed E-state index contributed by atoms with van der Waals surface area (Å²) in [4.78, 5) is 38.7. The van der Waals surface area contributed by atoms with Crippen molar-refractivity contribution in [2.24, 2.45) is 0 Å². The highest BCUT2D eigenvalue weighted by Crippen LogP contribution is 2.41. The van der Waals surface area contributed by atoms with Crippen LogP contribution in [0.2, 0.25) is 0 Å². The van der Waals surface area contributed by atoms with Crippen molar-refractivity contribution in [3.05, 3.63) is 0 Å². The number of amides is 2. The largest absolute Gasteiger partial charge is 0.477 e. The van der Waals surface area contributed by atoms with Crippen molar-refractivity contribution < 1.29 is 164 Å². The molecule has 35 nitrogen and oxygen atoms in total. The molecule has 0 bridgehead atoms. The number of carbonyl (C=O) groups is 3. The second-order valence-electron chi connectivity index (χ2n) is 19.6. The molecule has 31 atom stereocenters. The van der Waals surface area contributed by atoms with Gasteiger partial charge >= 0.3 is 5.97 Å². The first kappa shape index (κ1) is 64.4. The number of rotatable bonds is 20. The van der Waals surface area contributed by atoms with E-state index in [0.717, 1.165) is 13.8 Å². The van der Waals surface area contributed by atoms with E-state index in [1.165, 1.54) is 6.92 Å². The number of aliphatic hydroxyl groups excluding tert-OH is 18. The highest BCUT2D eigenvalue weighted by Gasteiger charge is 2.62. The van der Waals surface area contributed by atoms with Crippen LogP contribution >= 0.6 is 0 Å². The van der Waals surface area contributed by atoms with Crippen LogP contribution in [0, 0.1) is 0 Å². The molecule has 0 aliphatic carbocycles. The molecule has 0 unspecified atom stereocenters. The van der Waals surface area contributed by atoms with Gasteiger partial charge in [0.1, 0.15) is 134 Å². The van der Waals surface area contributed by atoms with Crippen molar-refractivity contribution in [3.63, 3.8) is 0 Å². The second kappa shape index (κ2) is 27.1. The predicted octanol–water partition coefficient (Wildman–Crippen LogP) is -13.6. The lowest BCUT2D eigenvalue weighted by atomic mass is 9.88. The molecule has 78 heavy (non-hydrogen) atoms. The van der Waals surface area contributed by atoms with Crippen molar-refractivity contribution in [2.75, 3.05) is 33.0 Å². The van der Waals surface area contributed by atoms with Crippen LogP contribution in [-0.2, 0) is 66.5 Å². The average molecular weight is 1150 g/mol. The van der Waals surface area contributed by atoms with Gasteiger partial charge in [0.25, 0.3) is 5.79 Å². The molecule has 6 rings (SSSR count). The van der Waals surface area contributed by atoms with Crippen LogP contribution in [0.25, 0.3) is 0 Å². The molecule has 0 radical (unpaired) electrons. The molecule has 452 valence electrons. The molecule has 0 spiro atoms. The van der Waals surface area contributed by atoms with E-state index in [-0.39, 0.29) is 0 Å². The van der Waals surface area contributed by atoms with Crippen LogP contribution in [0.5, 0.6) is 0 Å². The Bertz CT molecular complexity index is 1950. The van der Waals surface area contributed by atoms with Gasteiger partial charge in [-0.1, -0.05) is 0 Å². The molecule has 0 aromatic heterocycles. The minimum atomic E-state index is -3.31. The van der Waals surface area contributed by atoms with Gasteiger partial charge < -0.3 is 160 Å². The van der Waals surface area contributed by atoms with Crippen molar-refractivity contribution in [1.29, 1.82) is 0 Å². The van der Waals surface area contributed by atoms with Gasteiger partial charge in [-0.2, -0.15) is 0 Å². The van der Waals surface area contributed by atoms with Crippen LogP contribution < -0.4 is 10.6 Å². The topological polar surface area (TPSA) is 561 Å². The summed E-state index contributed by atoms with van der Waals surface area (Å²) < 4.78 is 64.1. The number of aliphatic carboxylic acids is 1. The number of carbonyl (C=O) groups excluding carboxylic acids is 2. The number of carboxylic acid groups (broad SMARTS) is 1. The molecule has 0 aromatic carbocycles. The highest BCUT2D eigenvalue weighted by atomic mass is 16.8. The first-order valence-electron chi connectivity index (χ1n) is 24.6. The van der Waals surface area contributed by atoms with Crippen molar-refractivity contribution >= 4 is 17.8 Å². The van der Waals surface area contributed by atoms with Gasteiger partial charge in [-0.05, 0) is 6.92 Å². The summed E-state index contributed by atoms with van der Waals surface area (Å²) >= 11 is 0. The lowest BCUT2D eigenvalue weighted by Crippen LogP contribution is -2.72. The molecule has 6 aliphatic rings. The molecule has 6 aliphatic heterocycles. The Morgan fingerprint density at radius 1 is 0.526 bits per heavy atom. The molecule has 2 amide bonds. The number of nitrogens with one attached hydrogen (secondary N) is 2. The lowest BCUT2D eigenvalue weighted by Gasteiger charge is -2.53. The van der Waals surface area contributed by atoms with Crippen LogP contribution in [-0.4, -0.2) is 338 Å². The number of carboxylic acids is 1. The molecule has 6 saturated heterocycles. The third-order valence-electron chi connectivity index (χ3n) is 14.2. The average Bonchev–Trinajstić information content (AvgIpc) is 3.48. The Labute approximate surface area is 441 Å². The maximum Gasteiger partial charge on any atom is 0.364 e. The van der Waals surface area contributed by atoms with Gasteiger partial charge in [-0.25, -0.2) is 4.79 Å². The van der Waals surface area contributed by atoms with E-state index < -0.39 is 247 Å². The number of ether oxygens (including phenoxy) is 11. The van der Waals surface area contributed by atoms with E-state index in [2.05, 4.69) is 10.6 Å². The molecule has 0 aromatic rings. The Hall–Kier alpha value is -2.75. The molecule has 35 heteroatoms. The summed E-state index contributed by atoms with van der Waals surface area (Å²) in [5, 5.41) is 209. The third kappa shape index (κ3) is 13.5. The van der Waals surface area contributed by atoms with E-state index in [0.29, 0.717) is 0 Å². The fraction of sp³-hybridized carbons (Fsp3) is 0.930. The number of hydrogen-bond acceptors (Lipinski definition) is 32. The van der Waals surface area contributed by atoms with Crippen LogP contribution in [0.4, 0.5) is 0 Å². The van der Waals surface area contributed by atoms with Crippen LogP contribution in [0.1, 0.15) is 27.2 Å². The molecule has 0 saturated carbocycles. The monoisotopic (exact) mass is 1140 g/mol. The summed E-state index contributed by atoms with van der Waals surface area (Å²) in [7, 11) is 0. The summed E-state index contributed by atoms with van der Waals surface area (Å²) in [5.41, 5.74) is 0. The minimum absolute atomic E-state index is 0.856. The fourth-order valence-corrected chi connectivity index (χ4v) is 9.95. The lowest BCUT2D eigenvalue weighted by molar-refractivity contribution is -0.405. The van der Waals surface area contributed by atoms with Gasteiger partial charge in [0.15, 0.2) is 31.5 Å². The summed E-state index contributed by atoms with van der Waals surface area (Å²) in [6.45, 7) is -2.39. The van der Waals surface area contributed by atoms with Crippen molar-refractivity contribution in [2.45, 2.75) is 217 Å². The number of aliphatic hydroxyl groups is 18. The number of hydrogen-bond donors (Lipinski definition) is 21. The Morgan fingerprint density at radius 2 is 1.03 bits per heavy atom. The van der Waals surface area contributed by atoms with E-state index in [4.69, 9.17) is 52.1 Å². The summed E-state index contributed by atoms with van der Waals surface area (Å²) in [5.74, 6) is -7.27. The Kier molecular flexibility index (Phi) is 22.4. The van der Waals surface area contributed by atoms with Gasteiger partial charge in [0.05, 0.1) is 51.3 Å². The van der Waals surface area contributed by atoms with Crippen LogP contribution in [0.15, 0.2) is 0 Å². The highest BCUT2D eigenvalue weighted by molar-refractivity contribution is 5.76. The van der Waals surface area contributed by atoms with Gasteiger partial charge in [-0.3, -0.25) is 9.59 Å². The normalized spacial score (nSPS) is 48.1. The molecular weight excluding hydrogens is 1070 g/mol. The zero-order valence-corrected chi connectivity index (χ0v) is 41.8. The van der Waals surface area contributed by atoms with Gasteiger partial charge in [-0.15, -0.1) is 0 Å². The Balaban J connectivity index is 1.41. The van der Waals surface area contributed by atoms with E-state index in [9.17, 15) is 111 Å². The second-order valence-corrected chi connectivity index (χ2v) is 19.6. The maximum atomic E-state index is 13.3. The Morgan fingerprint density at radius 3 is 1.60 bits per heavy atom. The van der Waals surface area contributed by atoms with E-state index in [1.54, 1.807) is 0 Å². The van der Waals surface area contributed by atoms with Crippen molar-refractivity contribution in [1.82, 2.24) is 10.6 Å². The summed E-state index contributed by atoms with van der Waals surface area (Å²) in [6, 6.07) is -3.70. The molecule has 6 fully saturated rings. The van der Waals surface area contributed by atoms with Crippen LogP contribution in [0.3, 0.4) is 0 Å². The maximum absolute atomic E-state index is 13.3. The SMILES string of the molecule is CC(=O)N[C@H]1[C@H](O[C@H]2[C@@H](O)[C@@H](CO)O[C@@H](O[C@H]3[C@H](O)[C@@H](O)[C@H](O)O[C@@H]3CO)[C@@H]2O)O[C@H](CO)[C@@H](O[C@@H]2O[C@H](CO)[C@H](O)[C@H](O)[C@H]2O[C@]2(C(=O)O)C[C@H](O)[C@@H](NC(C)=O)[C@H]([C@H](O)[C@H](O)CO)O2)[C@@H]1O[C@@H]1O[C@@H](C)[C@@H](O)[C@@H](O)[C@@H]1O. The van der Waals surface area contributed by atoms with E-state index in [1.807, 2.05) is 0 Å². The van der Waals surface area contributed by atoms with E-state index >= 15 is 0 Å². The smallest absolute Gasteiger partial charge is 0.364 e. The van der Waals surface area contributed by atoms with Crippen molar-refractivity contribution in [3.8, 4) is 0 Å². The first-order chi connectivity index (χ1) is 36.7. The standard InChI is InChI=1S/C43H72N2O33/c1-10-21(55)25(59)29(63)39(68-10)75-34-20(45-12(3)52)38(76-35-24(58)16(7-48)70-40(30(35)64)73-31-17(8-49)69-37(65)28(62)27(31)61)72-18(9-50)32(34)74-41-36(26(60)23(57)15(6-47)71-41)78-43(42(66)67)4-13(53)19(44-11(2)51)33(77-43)22(56)14(54)5-46/h10,13-41,46-50,53-65H,4-9H2,1-3H3,(H,44,51)(H,45,52)(H,66,67)/t10-,13-,14+,15+,16+,17+,18+,19+,20+,21+,22+,23-,24-,25+,26-,27+,28+,29-,30+,31+,32+,33+,34+,35-,36+,37+,38-,39-,40-,41-,43-/m0/s1. The molecule has 6 heterocycles. The fourth-order valence-electron chi connectivity index (χ4n) is 9.95.